The summed E-state index contributed by atoms with van der Waals surface area (Å²) in [5, 5.41) is 0. The Kier molecular flexibility index (Phi) is 8.89. The van der Waals surface area contributed by atoms with Gasteiger partial charge < -0.3 is 15.9 Å². The molecule has 0 bridgehead atoms. The van der Waals surface area contributed by atoms with Gasteiger partial charge in [-0.1, -0.05) is 41.0 Å². The molecule has 1 aromatic carbocycles. The third-order valence-corrected chi connectivity index (χ3v) is 2.34. The van der Waals surface area contributed by atoms with Crippen molar-refractivity contribution in [1.29, 1.82) is 0 Å². The topological polar surface area (TPSA) is 83.8 Å². The minimum atomic E-state index is -0.0296. The number of anilines is 1. The van der Waals surface area contributed by atoms with Crippen LogP contribution in [0.3, 0.4) is 0 Å². The van der Waals surface area contributed by atoms with Crippen molar-refractivity contribution in [2.45, 2.75) is 46.5 Å². The van der Waals surface area contributed by atoms with Crippen molar-refractivity contribution in [1.82, 2.24) is 0 Å². The van der Waals surface area contributed by atoms with Gasteiger partial charge in [-0.25, -0.2) is 0 Å². The first-order chi connectivity index (χ1) is 8.31. The number of aldehydes is 1. The van der Waals surface area contributed by atoms with E-state index in [1.54, 1.807) is 0 Å². The van der Waals surface area contributed by atoms with Gasteiger partial charge in [-0.15, -0.1) is 0 Å². The van der Waals surface area contributed by atoms with E-state index in [2.05, 4.69) is 34.6 Å². The Hall–Kier alpha value is -1.55. The minimum Gasteiger partial charge on any atom is -0.494 e. The lowest BCUT2D eigenvalue weighted by Crippen LogP contribution is -2.12. The predicted octanol–water partition coefficient (Wildman–Crippen LogP) is 2.98. The molecule has 0 aliphatic heterocycles. The minimum absolute atomic E-state index is 0. The van der Waals surface area contributed by atoms with Crippen LogP contribution in [0.2, 0.25) is 0 Å². The molecule has 0 saturated heterocycles. The summed E-state index contributed by atoms with van der Waals surface area (Å²) in [6.07, 6.45) is 2.02. The lowest BCUT2D eigenvalue weighted by molar-refractivity contribution is 0.112. The Morgan fingerprint density at radius 1 is 1.26 bits per heavy atom. The largest absolute Gasteiger partial charge is 0.494 e. The fraction of sp³-hybridized carbons (Fsp3) is 0.533. The predicted molar refractivity (Wildman–Crippen MR) is 81.1 cm³/mol. The van der Waals surface area contributed by atoms with Gasteiger partial charge in [-0.3, -0.25) is 4.79 Å². The molecule has 0 radical (unpaired) electrons. The molecule has 110 valence electrons. The molecule has 0 fully saturated rings. The molecule has 0 unspecified atom stereocenters. The second kappa shape index (κ2) is 8.53. The van der Waals surface area contributed by atoms with E-state index in [0.29, 0.717) is 17.0 Å². The molecular formula is C15H27NO3. The zero-order chi connectivity index (χ0) is 14.3. The first-order valence-corrected chi connectivity index (χ1v) is 6.24. The van der Waals surface area contributed by atoms with E-state index in [0.717, 1.165) is 11.8 Å². The fourth-order valence-corrected chi connectivity index (χ4v) is 1.43. The number of hydrogen-bond donors (Lipinski definition) is 1. The normalized spacial score (nSPS) is 9.79. The van der Waals surface area contributed by atoms with E-state index in [1.807, 2.05) is 12.1 Å². The zero-order valence-corrected chi connectivity index (χ0v) is 12.8. The summed E-state index contributed by atoms with van der Waals surface area (Å²) in [6, 6.07) is 3.67. The fourth-order valence-electron chi connectivity index (χ4n) is 1.43. The van der Waals surface area contributed by atoms with Crippen LogP contribution in [-0.2, 0) is 5.41 Å². The number of ether oxygens (including phenoxy) is 1. The number of carbonyl (C=O) groups is 1. The Morgan fingerprint density at radius 2 is 1.74 bits per heavy atom. The van der Waals surface area contributed by atoms with Gasteiger partial charge in [0.25, 0.3) is 0 Å². The standard InChI is InChI=1S/C12H17NO2.C3H8.H2O/c1-12(2,3)9-5-8(7-14)11(15-4)10(13)6-9;1-3-2;/h5-7H,13H2,1-4H3;3H2,1-2H3;1H2. The highest BCUT2D eigenvalue weighted by atomic mass is 16.5. The number of rotatable bonds is 2. The van der Waals surface area contributed by atoms with Crippen LogP contribution in [0.4, 0.5) is 5.69 Å². The summed E-state index contributed by atoms with van der Waals surface area (Å²) in [5.74, 6) is 0.456. The Labute approximate surface area is 116 Å². The van der Waals surface area contributed by atoms with Crippen molar-refractivity contribution < 1.29 is 15.0 Å². The average molecular weight is 269 g/mol. The van der Waals surface area contributed by atoms with E-state index >= 15 is 0 Å². The summed E-state index contributed by atoms with van der Waals surface area (Å²) in [6.45, 7) is 10.5. The average Bonchev–Trinajstić information content (AvgIpc) is 2.27. The molecule has 1 aromatic rings. The molecule has 4 heteroatoms. The summed E-state index contributed by atoms with van der Waals surface area (Å²) in [5.41, 5.74) is 7.83. The van der Waals surface area contributed by atoms with Crippen LogP contribution in [-0.4, -0.2) is 18.9 Å². The van der Waals surface area contributed by atoms with Crippen molar-refractivity contribution in [3.8, 4) is 5.75 Å². The van der Waals surface area contributed by atoms with Gasteiger partial charge in [0.05, 0.1) is 18.4 Å². The number of nitrogens with two attached hydrogens (primary N) is 1. The van der Waals surface area contributed by atoms with Crippen molar-refractivity contribution >= 4 is 12.0 Å². The Balaban J connectivity index is 0. The summed E-state index contributed by atoms with van der Waals surface area (Å²) < 4.78 is 5.08. The van der Waals surface area contributed by atoms with Crippen molar-refractivity contribution in [2.24, 2.45) is 0 Å². The molecule has 0 heterocycles. The van der Waals surface area contributed by atoms with Gasteiger partial charge in [0.2, 0.25) is 0 Å². The number of methoxy groups -OCH3 is 1. The van der Waals surface area contributed by atoms with E-state index in [4.69, 9.17) is 10.5 Å². The lowest BCUT2D eigenvalue weighted by Gasteiger charge is -2.21. The summed E-state index contributed by atoms with van der Waals surface area (Å²) >= 11 is 0. The van der Waals surface area contributed by atoms with Crippen LogP contribution < -0.4 is 10.5 Å². The first kappa shape index (κ1) is 19.8. The maximum Gasteiger partial charge on any atom is 0.153 e. The maximum absolute atomic E-state index is 10.9. The molecule has 0 aromatic heterocycles. The van der Waals surface area contributed by atoms with Gasteiger partial charge in [0.15, 0.2) is 12.0 Å². The maximum atomic E-state index is 10.9. The second-order valence-corrected chi connectivity index (χ2v) is 5.26. The van der Waals surface area contributed by atoms with E-state index in [-0.39, 0.29) is 10.9 Å². The number of hydrogen-bond acceptors (Lipinski definition) is 3. The smallest absolute Gasteiger partial charge is 0.153 e. The van der Waals surface area contributed by atoms with Gasteiger partial charge in [-0.2, -0.15) is 0 Å². The van der Waals surface area contributed by atoms with Crippen LogP contribution >= 0.6 is 0 Å². The van der Waals surface area contributed by atoms with Crippen LogP contribution in [0.5, 0.6) is 5.75 Å². The molecule has 0 saturated carbocycles. The third-order valence-electron chi connectivity index (χ3n) is 2.34. The van der Waals surface area contributed by atoms with Crippen LogP contribution in [0.25, 0.3) is 0 Å². The highest BCUT2D eigenvalue weighted by molar-refractivity contribution is 5.84. The van der Waals surface area contributed by atoms with Gasteiger partial charge >= 0.3 is 0 Å². The Morgan fingerprint density at radius 3 is 2.05 bits per heavy atom. The number of carbonyl (C=O) groups excluding carboxylic acids is 1. The van der Waals surface area contributed by atoms with Crippen LogP contribution in [0.1, 0.15) is 57.0 Å². The molecule has 0 amide bonds. The van der Waals surface area contributed by atoms with E-state index < -0.39 is 0 Å². The van der Waals surface area contributed by atoms with Crippen LogP contribution in [0, 0.1) is 0 Å². The molecule has 0 aliphatic carbocycles. The quantitative estimate of drug-likeness (QED) is 0.661. The van der Waals surface area contributed by atoms with Gasteiger partial charge in [0, 0.05) is 0 Å². The Bertz CT molecular complexity index is 395. The second-order valence-electron chi connectivity index (χ2n) is 5.26. The molecule has 0 spiro atoms. The summed E-state index contributed by atoms with van der Waals surface area (Å²) in [7, 11) is 1.51. The third kappa shape index (κ3) is 5.75. The summed E-state index contributed by atoms with van der Waals surface area (Å²) in [4.78, 5) is 10.9. The van der Waals surface area contributed by atoms with Crippen molar-refractivity contribution in [3.05, 3.63) is 23.3 Å². The number of benzene rings is 1. The molecule has 4 N–H and O–H groups in total. The molecule has 4 nitrogen and oxygen atoms in total. The lowest BCUT2D eigenvalue weighted by atomic mass is 9.85. The van der Waals surface area contributed by atoms with Crippen molar-refractivity contribution in [3.63, 3.8) is 0 Å². The van der Waals surface area contributed by atoms with Gasteiger partial charge in [-0.05, 0) is 23.1 Å². The highest BCUT2D eigenvalue weighted by Crippen LogP contribution is 2.32. The van der Waals surface area contributed by atoms with E-state index in [1.165, 1.54) is 13.5 Å². The van der Waals surface area contributed by atoms with Crippen molar-refractivity contribution in [2.75, 3.05) is 12.8 Å². The van der Waals surface area contributed by atoms with Gasteiger partial charge in [0.1, 0.15) is 0 Å². The zero-order valence-electron chi connectivity index (χ0n) is 12.8. The first-order valence-electron chi connectivity index (χ1n) is 6.24. The molecule has 19 heavy (non-hydrogen) atoms. The molecule has 0 aliphatic rings. The molecule has 1 rings (SSSR count). The monoisotopic (exact) mass is 269 g/mol. The molecular weight excluding hydrogens is 242 g/mol. The number of nitrogen functional groups attached to an aromatic ring is 1. The van der Waals surface area contributed by atoms with Crippen LogP contribution in [0.15, 0.2) is 12.1 Å². The SMILES string of the molecule is CCC.COc1c(N)cc(C(C)(C)C)cc1C=O.O. The molecule has 0 atom stereocenters. The van der Waals surface area contributed by atoms with E-state index in [9.17, 15) is 4.79 Å². The highest BCUT2D eigenvalue weighted by Gasteiger charge is 2.17.